The second-order valence-electron chi connectivity index (χ2n) is 4.58. The minimum absolute atomic E-state index is 0. The Bertz CT molecular complexity index is 739. The van der Waals surface area contributed by atoms with Crippen molar-refractivity contribution in [3.05, 3.63) is 71.2 Å². The van der Waals surface area contributed by atoms with Crippen LogP contribution in [0.15, 0.2) is 70.7 Å². The van der Waals surface area contributed by atoms with Gasteiger partial charge in [-0.25, -0.2) is 0 Å². The molecule has 0 saturated carbocycles. The Kier molecular flexibility index (Phi) is 6.13. The fourth-order valence-corrected chi connectivity index (χ4v) is 3.33. The van der Waals surface area contributed by atoms with E-state index in [4.69, 9.17) is 0 Å². The number of benzene rings is 2. The average Bonchev–Trinajstić information content (AvgIpc) is 3.03. The number of hydrazone groups is 1. The van der Waals surface area contributed by atoms with Crippen LogP contribution in [0, 0.1) is 0 Å². The van der Waals surface area contributed by atoms with Gasteiger partial charge in [-0.15, -0.1) is 17.0 Å². The summed E-state index contributed by atoms with van der Waals surface area (Å²) < 4.78 is 0.941. The van der Waals surface area contributed by atoms with Crippen LogP contribution in [0.5, 0.6) is 0 Å². The molecule has 0 amide bonds. The zero-order valence-corrected chi connectivity index (χ0v) is 15.5. The predicted molar refractivity (Wildman–Crippen MR) is 99.2 cm³/mol. The van der Waals surface area contributed by atoms with Crippen molar-refractivity contribution in [2.24, 2.45) is 5.10 Å². The van der Waals surface area contributed by atoms with Crippen molar-refractivity contribution in [1.29, 1.82) is 0 Å². The summed E-state index contributed by atoms with van der Waals surface area (Å²) in [5, 5.41) is 4.42. The van der Waals surface area contributed by atoms with Crippen LogP contribution in [0.4, 0.5) is 4.69 Å². The van der Waals surface area contributed by atoms with Gasteiger partial charge in [0.15, 0.2) is 0 Å². The fraction of sp³-hybridized carbons (Fsp3) is 0.0588. The molecule has 0 aliphatic carbocycles. The zero-order chi connectivity index (χ0) is 14.5. The van der Waals surface area contributed by atoms with Gasteiger partial charge in [0, 0.05) is 0 Å². The first-order chi connectivity index (χ1) is 10.3. The van der Waals surface area contributed by atoms with Crippen LogP contribution in [-0.4, -0.2) is 25.2 Å². The first-order valence-corrected chi connectivity index (χ1v) is 8.54. The second-order valence-corrected chi connectivity index (χ2v) is 6.38. The third kappa shape index (κ3) is 4.17. The molecule has 3 aromatic rings. The molecular formula is C17H16BrN3Se. The minimum atomic E-state index is 0. The van der Waals surface area contributed by atoms with Gasteiger partial charge in [-0.05, 0) is 0 Å². The molecule has 0 fully saturated rings. The summed E-state index contributed by atoms with van der Waals surface area (Å²) in [6, 6.07) is 20.4. The molecule has 0 spiro atoms. The van der Waals surface area contributed by atoms with Crippen molar-refractivity contribution in [2.45, 2.75) is 6.92 Å². The van der Waals surface area contributed by atoms with Crippen LogP contribution in [-0.2, 0) is 0 Å². The van der Waals surface area contributed by atoms with Crippen LogP contribution >= 0.6 is 17.0 Å². The normalized spacial score (nSPS) is 10.9. The SMILES string of the molecule is Br.C/C(=N/Nc1nc(-c2ccccc2)c[se]1)c1ccccc1. The molecule has 112 valence electrons. The Balaban J connectivity index is 0.00000176. The van der Waals surface area contributed by atoms with Gasteiger partial charge in [0.2, 0.25) is 0 Å². The summed E-state index contributed by atoms with van der Waals surface area (Å²) in [6.07, 6.45) is 0. The Hall–Kier alpha value is -1.68. The maximum atomic E-state index is 4.61. The molecule has 0 bridgehead atoms. The maximum absolute atomic E-state index is 4.61. The van der Waals surface area contributed by atoms with Gasteiger partial charge >= 0.3 is 130 Å². The van der Waals surface area contributed by atoms with Gasteiger partial charge in [-0.1, -0.05) is 0 Å². The predicted octanol–water partition coefficient (Wildman–Crippen LogP) is 4.22. The summed E-state index contributed by atoms with van der Waals surface area (Å²) >= 11 is 0.214. The third-order valence-electron chi connectivity index (χ3n) is 3.08. The molecular weight excluding hydrogens is 405 g/mol. The molecule has 1 heterocycles. The van der Waals surface area contributed by atoms with Crippen LogP contribution in [0.25, 0.3) is 11.3 Å². The Labute approximate surface area is 146 Å². The number of nitrogens with zero attached hydrogens (tertiary/aromatic N) is 2. The number of hydrogen-bond acceptors (Lipinski definition) is 3. The molecule has 0 aliphatic heterocycles. The van der Waals surface area contributed by atoms with E-state index in [-0.39, 0.29) is 31.5 Å². The van der Waals surface area contributed by atoms with E-state index in [1.165, 1.54) is 0 Å². The number of anilines is 1. The quantitative estimate of drug-likeness (QED) is 0.389. The number of aromatic nitrogens is 1. The molecule has 5 heteroatoms. The van der Waals surface area contributed by atoms with Gasteiger partial charge < -0.3 is 0 Å². The monoisotopic (exact) mass is 421 g/mol. The summed E-state index contributed by atoms with van der Waals surface area (Å²) in [7, 11) is 0. The molecule has 3 nitrogen and oxygen atoms in total. The van der Waals surface area contributed by atoms with E-state index in [1.54, 1.807) is 0 Å². The van der Waals surface area contributed by atoms with E-state index in [2.05, 4.69) is 44.7 Å². The van der Waals surface area contributed by atoms with Gasteiger partial charge in [0.05, 0.1) is 0 Å². The Morgan fingerprint density at radius 2 is 1.64 bits per heavy atom. The average molecular weight is 421 g/mol. The molecule has 0 aliphatic rings. The first kappa shape index (κ1) is 16.7. The Morgan fingerprint density at radius 3 is 2.32 bits per heavy atom. The van der Waals surface area contributed by atoms with Gasteiger partial charge in [0.1, 0.15) is 0 Å². The second kappa shape index (κ2) is 8.08. The van der Waals surface area contributed by atoms with E-state index in [0.717, 1.165) is 27.2 Å². The van der Waals surface area contributed by atoms with Crippen LogP contribution in [0.1, 0.15) is 12.5 Å². The van der Waals surface area contributed by atoms with Gasteiger partial charge in [0.25, 0.3) is 0 Å². The summed E-state index contributed by atoms with van der Waals surface area (Å²) in [6.45, 7) is 2.00. The molecule has 1 N–H and O–H groups in total. The standard InChI is InChI=1S/C17H15N3Se.BrH/c1-13(14-8-4-2-5-9-14)19-20-17-18-16(12-21-17)15-10-6-3-7-11-15;/h2-12H,1H3,(H,18,20);1H/b19-13-;. The van der Waals surface area contributed by atoms with Crippen molar-refractivity contribution in [1.82, 2.24) is 4.98 Å². The molecule has 0 saturated heterocycles. The first-order valence-electron chi connectivity index (χ1n) is 6.69. The van der Waals surface area contributed by atoms with Crippen LogP contribution < -0.4 is 5.43 Å². The van der Waals surface area contributed by atoms with Gasteiger partial charge in [-0.2, -0.15) is 0 Å². The fourth-order valence-electron chi connectivity index (χ4n) is 1.94. The summed E-state index contributed by atoms with van der Waals surface area (Å²) in [5.74, 6) is 0. The van der Waals surface area contributed by atoms with E-state index in [9.17, 15) is 0 Å². The number of hydrogen-bond donors (Lipinski definition) is 1. The number of rotatable bonds is 4. The van der Waals surface area contributed by atoms with Crippen molar-refractivity contribution in [2.75, 3.05) is 5.43 Å². The molecule has 0 radical (unpaired) electrons. The van der Waals surface area contributed by atoms with Crippen molar-refractivity contribution in [3.8, 4) is 11.3 Å². The molecule has 22 heavy (non-hydrogen) atoms. The zero-order valence-electron chi connectivity index (χ0n) is 12.1. The van der Waals surface area contributed by atoms with Crippen molar-refractivity contribution in [3.63, 3.8) is 0 Å². The molecule has 1 aromatic heterocycles. The van der Waals surface area contributed by atoms with Crippen LogP contribution in [0.3, 0.4) is 0 Å². The molecule has 3 rings (SSSR count). The van der Waals surface area contributed by atoms with Crippen molar-refractivity contribution < 1.29 is 0 Å². The van der Waals surface area contributed by atoms with E-state index >= 15 is 0 Å². The van der Waals surface area contributed by atoms with E-state index in [0.29, 0.717) is 0 Å². The van der Waals surface area contributed by atoms with E-state index < -0.39 is 0 Å². The number of halogens is 1. The topological polar surface area (TPSA) is 37.3 Å². The Morgan fingerprint density at radius 1 is 1.00 bits per heavy atom. The van der Waals surface area contributed by atoms with E-state index in [1.807, 2.05) is 43.3 Å². The molecule has 0 unspecified atom stereocenters. The van der Waals surface area contributed by atoms with Gasteiger partial charge in [-0.3, -0.25) is 0 Å². The third-order valence-corrected chi connectivity index (χ3v) is 4.65. The van der Waals surface area contributed by atoms with Crippen molar-refractivity contribution >= 4 is 41.9 Å². The summed E-state index contributed by atoms with van der Waals surface area (Å²) in [5.41, 5.74) is 7.36. The number of nitrogens with one attached hydrogen (secondary N) is 1. The molecule has 2 aromatic carbocycles. The summed E-state index contributed by atoms with van der Waals surface area (Å²) in [4.78, 5) is 6.79. The molecule has 0 atom stereocenters. The van der Waals surface area contributed by atoms with Crippen LogP contribution in [0.2, 0.25) is 0 Å².